The summed E-state index contributed by atoms with van der Waals surface area (Å²) in [6.45, 7) is 6.06. The lowest BCUT2D eigenvalue weighted by Crippen LogP contribution is -2.23. The number of hydrogen-bond acceptors (Lipinski definition) is 5. The van der Waals surface area contributed by atoms with Gasteiger partial charge in [-0.1, -0.05) is 23.4 Å². The van der Waals surface area contributed by atoms with Crippen LogP contribution in [0.4, 0.5) is 18.9 Å². The summed E-state index contributed by atoms with van der Waals surface area (Å²) in [5.41, 5.74) is 0.686. The summed E-state index contributed by atoms with van der Waals surface area (Å²) in [4.78, 5) is 29.2. The topological polar surface area (TPSA) is 73.2 Å². The highest BCUT2D eigenvalue weighted by atomic mass is 35.5. The second-order valence-electron chi connectivity index (χ2n) is 7.00. The Morgan fingerprint density at radius 1 is 1.21 bits per heavy atom. The van der Waals surface area contributed by atoms with Crippen molar-refractivity contribution in [3.8, 4) is 0 Å². The largest absolute Gasteiger partial charge is 0.462 e. The Labute approximate surface area is 197 Å². The number of imidazole rings is 1. The van der Waals surface area contributed by atoms with E-state index in [1.807, 2.05) is 11.5 Å². The Bertz CT molecular complexity index is 1200. The second kappa shape index (κ2) is 10.0. The van der Waals surface area contributed by atoms with E-state index in [2.05, 4.69) is 10.3 Å². The molecule has 1 atom stereocenters. The van der Waals surface area contributed by atoms with Crippen LogP contribution in [0.5, 0.6) is 0 Å². The number of fused-ring (bicyclic) bond motifs is 1. The van der Waals surface area contributed by atoms with Crippen molar-refractivity contribution in [2.24, 2.45) is 0 Å². The van der Waals surface area contributed by atoms with Crippen LogP contribution in [0.1, 0.15) is 36.7 Å². The summed E-state index contributed by atoms with van der Waals surface area (Å²) in [6.07, 6.45) is -4.56. The number of alkyl halides is 3. The van der Waals surface area contributed by atoms with Crippen LogP contribution in [0.15, 0.2) is 41.6 Å². The molecule has 0 aliphatic rings. The van der Waals surface area contributed by atoms with E-state index in [1.54, 1.807) is 32.0 Å². The molecule has 0 saturated heterocycles. The number of nitrogens with zero attached hydrogens (tertiary/aromatic N) is 2. The molecule has 1 heterocycles. The van der Waals surface area contributed by atoms with E-state index in [9.17, 15) is 22.8 Å². The third kappa shape index (κ3) is 5.62. The van der Waals surface area contributed by atoms with E-state index in [0.29, 0.717) is 22.8 Å². The molecule has 0 fully saturated rings. The van der Waals surface area contributed by atoms with Gasteiger partial charge in [-0.25, -0.2) is 9.78 Å². The van der Waals surface area contributed by atoms with E-state index < -0.39 is 28.9 Å². The molecule has 3 rings (SSSR count). The fraction of sp³-hybridized carbons (Fsp3) is 0.318. The summed E-state index contributed by atoms with van der Waals surface area (Å²) in [5, 5.41) is 2.30. The van der Waals surface area contributed by atoms with Crippen LogP contribution in [-0.2, 0) is 22.3 Å². The van der Waals surface area contributed by atoms with Crippen LogP contribution < -0.4 is 5.32 Å². The Balaban J connectivity index is 1.82. The first kappa shape index (κ1) is 24.9. The van der Waals surface area contributed by atoms with Crippen LogP contribution in [-0.4, -0.2) is 33.3 Å². The Morgan fingerprint density at radius 3 is 2.58 bits per heavy atom. The number of nitrogens with one attached hydrogen (secondary N) is 1. The van der Waals surface area contributed by atoms with E-state index >= 15 is 0 Å². The number of esters is 1. The molecule has 0 aliphatic carbocycles. The zero-order chi connectivity index (χ0) is 24.3. The lowest BCUT2D eigenvalue weighted by Gasteiger charge is -2.15. The van der Waals surface area contributed by atoms with Gasteiger partial charge in [-0.15, -0.1) is 0 Å². The molecule has 0 saturated carbocycles. The number of carbonyl (C=O) groups is 2. The first-order valence-corrected chi connectivity index (χ1v) is 11.3. The Hall–Kier alpha value is -2.72. The Kier molecular flexibility index (Phi) is 7.58. The maximum absolute atomic E-state index is 13.0. The molecule has 0 aliphatic heterocycles. The predicted octanol–water partition coefficient (Wildman–Crippen LogP) is 6.02. The number of rotatable bonds is 7. The third-order valence-electron chi connectivity index (χ3n) is 4.74. The van der Waals surface area contributed by atoms with Crippen LogP contribution in [0.25, 0.3) is 11.0 Å². The molecule has 1 aromatic heterocycles. The fourth-order valence-electron chi connectivity index (χ4n) is 3.09. The number of halogens is 4. The predicted molar refractivity (Wildman–Crippen MR) is 122 cm³/mol. The molecule has 1 N–H and O–H groups in total. The molecule has 3 aromatic rings. The number of carbonyl (C=O) groups excluding carboxylic acids is 2. The average molecular weight is 500 g/mol. The van der Waals surface area contributed by atoms with Gasteiger partial charge in [0, 0.05) is 6.54 Å². The maximum Gasteiger partial charge on any atom is 0.416 e. The van der Waals surface area contributed by atoms with E-state index in [-0.39, 0.29) is 17.3 Å². The molecular formula is C22H21ClF3N3O3S. The van der Waals surface area contributed by atoms with Crippen molar-refractivity contribution in [2.75, 3.05) is 11.9 Å². The Morgan fingerprint density at radius 2 is 1.94 bits per heavy atom. The number of aromatic nitrogens is 2. The first-order valence-electron chi connectivity index (χ1n) is 10.1. The number of thioether (sulfide) groups is 1. The van der Waals surface area contributed by atoms with Gasteiger partial charge in [-0.2, -0.15) is 13.2 Å². The summed E-state index contributed by atoms with van der Waals surface area (Å²) in [5.74, 6) is -0.978. The normalized spacial score (nSPS) is 12.6. The van der Waals surface area contributed by atoms with Gasteiger partial charge in [0.2, 0.25) is 5.91 Å². The van der Waals surface area contributed by atoms with Gasteiger partial charge in [0.25, 0.3) is 0 Å². The minimum Gasteiger partial charge on any atom is -0.462 e. The summed E-state index contributed by atoms with van der Waals surface area (Å²) in [7, 11) is 0. The molecule has 11 heteroatoms. The van der Waals surface area contributed by atoms with Crippen molar-refractivity contribution in [2.45, 2.75) is 43.9 Å². The first-order chi connectivity index (χ1) is 15.5. The van der Waals surface area contributed by atoms with Gasteiger partial charge in [0.1, 0.15) is 0 Å². The van der Waals surface area contributed by atoms with Gasteiger partial charge in [-0.05, 0) is 57.2 Å². The molecule has 176 valence electrons. The smallest absolute Gasteiger partial charge is 0.416 e. The lowest BCUT2D eigenvalue weighted by molar-refractivity contribution is -0.137. The zero-order valence-electron chi connectivity index (χ0n) is 18.0. The number of aryl methyl sites for hydroxylation is 1. The van der Waals surface area contributed by atoms with Crippen molar-refractivity contribution < 1.29 is 27.5 Å². The second-order valence-corrected chi connectivity index (χ2v) is 8.72. The van der Waals surface area contributed by atoms with Crippen LogP contribution >= 0.6 is 23.4 Å². The SMILES string of the molecule is CCOC(=O)c1ccc2c(c1)nc(S[C@@H](C)C(=O)Nc1cc(C(F)(F)F)ccc1Cl)n2CC. The number of benzene rings is 2. The number of anilines is 1. The third-order valence-corrected chi connectivity index (χ3v) is 6.16. The van der Waals surface area contributed by atoms with E-state index in [1.165, 1.54) is 0 Å². The molecule has 0 spiro atoms. The molecule has 0 unspecified atom stereocenters. The zero-order valence-corrected chi connectivity index (χ0v) is 19.6. The quantitative estimate of drug-likeness (QED) is 0.317. The highest BCUT2D eigenvalue weighted by Gasteiger charge is 2.31. The molecule has 0 bridgehead atoms. The summed E-state index contributed by atoms with van der Waals surface area (Å²) in [6, 6.07) is 7.77. The summed E-state index contributed by atoms with van der Waals surface area (Å²) < 4.78 is 45.9. The van der Waals surface area contributed by atoms with Crippen molar-refractivity contribution in [1.29, 1.82) is 0 Å². The van der Waals surface area contributed by atoms with Gasteiger partial charge >= 0.3 is 12.1 Å². The van der Waals surface area contributed by atoms with Crippen molar-refractivity contribution in [1.82, 2.24) is 9.55 Å². The summed E-state index contributed by atoms with van der Waals surface area (Å²) >= 11 is 7.12. The van der Waals surface area contributed by atoms with Crippen LogP contribution in [0, 0.1) is 0 Å². The molecule has 6 nitrogen and oxygen atoms in total. The average Bonchev–Trinajstić information content (AvgIpc) is 3.10. The molecule has 33 heavy (non-hydrogen) atoms. The van der Waals surface area contributed by atoms with Crippen LogP contribution in [0.2, 0.25) is 5.02 Å². The minimum atomic E-state index is -4.56. The standard InChI is InChI=1S/C22H21ClF3N3O3S/c1-4-29-18-9-6-13(20(31)32-5-2)10-17(18)28-21(29)33-12(3)19(30)27-16-11-14(22(24,25)26)7-8-15(16)23/h6-12H,4-5H2,1-3H3,(H,27,30)/t12-/m0/s1. The molecule has 0 radical (unpaired) electrons. The maximum atomic E-state index is 13.0. The van der Waals surface area contributed by atoms with Gasteiger partial charge in [0.05, 0.1) is 44.7 Å². The van der Waals surface area contributed by atoms with Crippen LogP contribution in [0.3, 0.4) is 0 Å². The molecular weight excluding hydrogens is 479 g/mol. The highest BCUT2D eigenvalue weighted by Crippen LogP contribution is 2.34. The highest BCUT2D eigenvalue weighted by molar-refractivity contribution is 8.00. The van der Waals surface area contributed by atoms with Crippen molar-refractivity contribution in [3.05, 3.63) is 52.5 Å². The van der Waals surface area contributed by atoms with Gasteiger partial charge in [0.15, 0.2) is 5.16 Å². The van der Waals surface area contributed by atoms with E-state index in [4.69, 9.17) is 16.3 Å². The number of ether oxygens (including phenoxy) is 1. The number of hydrogen-bond donors (Lipinski definition) is 1. The molecule has 1 amide bonds. The fourth-order valence-corrected chi connectivity index (χ4v) is 4.24. The van der Waals surface area contributed by atoms with Gasteiger partial charge < -0.3 is 14.6 Å². The number of amides is 1. The minimum absolute atomic E-state index is 0.000779. The molecule has 2 aromatic carbocycles. The van der Waals surface area contributed by atoms with Crippen molar-refractivity contribution >= 4 is 52.0 Å². The van der Waals surface area contributed by atoms with Crippen molar-refractivity contribution in [3.63, 3.8) is 0 Å². The lowest BCUT2D eigenvalue weighted by atomic mass is 10.2. The monoisotopic (exact) mass is 499 g/mol. The van der Waals surface area contributed by atoms with E-state index in [0.717, 1.165) is 35.5 Å². The van der Waals surface area contributed by atoms with Gasteiger partial charge in [-0.3, -0.25) is 4.79 Å².